The lowest BCUT2D eigenvalue weighted by Crippen LogP contribution is -2.24. The quantitative estimate of drug-likeness (QED) is 0.804. The van der Waals surface area contributed by atoms with Crippen molar-refractivity contribution in [3.05, 3.63) is 23.5 Å². The minimum Gasteiger partial charge on any atom is -0.454 e. The third-order valence-electron chi connectivity index (χ3n) is 2.98. The minimum absolute atomic E-state index is 0.173. The van der Waals surface area contributed by atoms with E-state index in [1.54, 1.807) is 6.07 Å². The molecule has 80 valence electrons. The van der Waals surface area contributed by atoms with Crippen LogP contribution in [0.5, 0.6) is 11.5 Å². The van der Waals surface area contributed by atoms with Gasteiger partial charge in [0.15, 0.2) is 11.5 Å². The van der Waals surface area contributed by atoms with Crippen molar-refractivity contribution < 1.29 is 13.9 Å². The first kappa shape index (κ1) is 8.97. The van der Waals surface area contributed by atoms with Crippen LogP contribution in [-0.2, 0) is 6.42 Å². The van der Waals surface area contributed by atoms with Gasteiger partial charge in [-0.15, -0.1) is 0 Å². The maximum absolute atomic E-state index is 13.6. The minimum atomic E-state index is -0.254. The van der Waals surface area contributed by atoms with Crippen molar-refractivity contribution in [2.45, 2.75) is 24.8 Å². The summed E-state index contributed by atoms with van der Waals surface area (Å²) in [4.78, 5) is 0. The molecule has 2 N–H and O–H groups in total. The molecule has 0 aromatic heterocycles. The van der Waals surface area contributed by atoms with Crippen molar-refractivity contribution in [1.82, 2.24) is 0 Å². The van der Waals surface area contributed by atoms with E-state index in [1.165, 1.54) is 6.07 Å². The lowest BCUT2D eigenvalue weighted by Gasteiger charge is -2.10. The average Bonchev–Trinajstić information content (AvgIpc) is 2.74. The maximum Gasteiger partial charge on any atom is 0.231 e. The number of nitrogens with two attached hydrogens (primary N) is 1. The molecule has 0 spiro atoms. The van der Waals surface area contributed by atoms with E-state index in [2.05, 4.69) is 0 Å². The third kappa shape index (κ3) is 1.55. The molecule has 3 nitrogen and oxygen atoms in total. The summed E-state index contributed by atoms with van der Waals surface area (Å²) in [6, 6.07) is 3.08. The Kier molecular flexibility index (Phi) is 1.71. The van der Waals surface area contributed by atoms with Gasteiger partial charge in [0, 0.05) is 11.6 Å². The molecule has 1 aromatic rings. The molecule has 0 atom stereocenters. The molecule has 4 heteroatoms. The Hall–Kier alpha value is -1.29. The number of benzene rings is 1. The van der Waals surface area contributed by atoms with Crippen LogP contribution in [0.25, 0.3) is 0 Å². The Morgan fingerprint density at radius 2 is 1.93 bits per heavy atom. The van der Waals surface area contributed by atoms with Crippen LogP contribution in [0.15, 0.2) is 12.1 Å². The predicted molar refractivity (Wildman–Crippen MR) is 52.4 cm³/mol. The molecular weight excluding hydrogens is 197 g/mol. The Bertz CT molecular complexity index is 415. The highest BCUT2D eigenvalue weighted by Crippen LogP contribution is 2.39. The average molecular weight is 209 g/mol. The van der Waals surface area contributed by atoms with Crippen LogP contribution in [0, 0.1) is 5.82 Å². The van der Waals surface area contributed by atoms with Crippen LogP contribution in [0.4, 0.5) is 4.39 Å². The summed E-state index contributed by atoms with van der Waals surface area (Å²) in [6.07, 6.45) is 2.53. The van der Waals surface area contributed by atoms with Gasteiger partial charge in [-0.3, -0.25) is 0 Å². The van der Waals surface area contributed by atoms with Crippen LogP contribution < -0.4 is 15.2 Å². The van der Waals surface area contributed by atoms with Crippen LogP contribution in [-0.4, -0.2) is 12.3 Å². The van der Waals surface area contributed by atoms with Gasteiger partial charge < -0.3 is 15.2 Å². The van der Waals surface area contributed by atoms with Crippen LogP contribution in [0.2, 0.25) is 0 Å². The SMILES string of the molecule is NC1(Cc2cc3c(cc2F)OCO3)CC1. The van der Waals surface area contributed by atoms with Crippen molar-refractivity contribution in [3.63, 3.8) is 0 Å². The second-order valence-electron chi connectivity index (χ2n) is 4.34. The number of fused-ring (bicyclic) bond motifs is 1. The number of hydrogen-bond acceptors (Lipinski definition) is 3. The van der Waals surface area contributed by atoms with Gasteiger partial charge in [0.25, 0.3) is 0 Å². The van der Waals surface area contributed by atoms with Gasteiger partial charge in [-0.1, -0.05) is 0 Å². The molecular formula is C11H12FNO2. The van der Waals surface area contributed by atoms with E-state index in [4.69, 9.17) is 15.2 Å². The molecule has 1 aromatic carbocycles. The summed E-state index contributed by atoms with van der Waals surface area (Å²) in [5.41, 5.74) is 6.39. The lowest BCUT2D eigenvalue weighted by atomic mass is 10.0. The first-order valence-corrected chi connectivity index (χ1v) is 5.03. The topological polar surface area (TPSA) is 44.5 Å². The fraction of sp³-hybridized carbons (Fsp3) is 0.455. The smallest absolute Gasteiger partial charge is 0.231 e. The molecule has 0 saturated heterocycles. The van der Waals surface area contributed by atoms with Crippen molar-refractivity contribution in [2.24, 2.45) is 5.73 Å². The van der Waals surface area contributed by atoms with Gasteiger partial charge in [0.1, 0.15) is 5.82 Å². The molecule has 0 radical (unpaired) electrons. The summed E-state index contributed by atoms with van der Waals surface area (Å²) >= 11 is 0. The molecule has 3 rings (SSSR count). The molecule has 2 aliphatic rings. The van der Waals surface area contributed by atoms with Crippen LogP contribution >= 0.6 is 0 Å². The zero-order valence-electron chi connectivity index (χ0n) is 8.25. The van der Waals surface area contributed by atoms with E-state index in [0.717, 1.165) is 12.8 Å². The molecule has 1 saturated carbocycles. The van der Waals surface area contributed by atoms with E-state index in [-0.39, 0.29) is 18.1 Å². The van der Waals surface area contributed by atoms with E-state index in [1.807, 2.05) is 0 Å². The Balaban J connectivity index is 1.94. The zero-order chi connectivity index (χ0) is 10.5. The fourth-order valence-electron chi connectivity index (χ4n) is 1.81. The largest absolute Gasteiger partial charge is 0.454 e. The van der Waals surface area contributed by atoms with Crippen LogP contribution in [0.3, 0.4) is 0 Å². The van der Waals surface area contributed by atoms with Gasteiger partial charge in [0.2, 0.25) is 6.79 Å². The normalized spacial score (nSPS) is 20.4. The standard InChI is InChI=1S/C11H12FNO2/c12-8-4-10-9(14-6-15-10)3-7(8)5-11(13)1-2-11/h3-4H,1-2,5-6,13H2. The number of hydrogen-bond donors (Lipinski definition) is 1. The second kappa shape index (κ2) is 2.85. The van der Waals surface area contributed by atoms with Crippen molar-refractivity contribution in [1.29, 1.82) is 0 Å². The lowest BCUT2D eigenvalue weighted by molar-refractivity contribution is 0.174. The molecule has 0 unspecified atom stereocenters. The summed E-state index contributed by atoms with van der Waals surface area (Å²) < 4.78 is 23.9. The number of halogens is 1. The number of ether oxygens (including phenoxy) is 2. The zero-order valence-corrected chi connectivity index (χ0v) is 8.25. The van der Waals surface area contributed by atoms with Crippen molar-refractivity contribution in [3.8, 4) is 11.5 Å². The Labute approximate surface area is 87.0 Å². The molecule has 0 bridgehead atoms. The van der Waals surface area contributed by atoms with Gasteiger partial charge in [-0.2, -0.15) is 0 Å². The summed E-state index contributed by atoms with van der Waals surface area (Å²) in [7, 11) is 0. The number of rotatable bonds is 2. The first-order chi connectivity index (χ1) is 7.16. The molecule has 1 fully saturated rings. The summed E-state index contributed by atoms with van der Waals surface area (Å²) in [6.45, 7) is 0.173. The second-order valence-corrected chi connectivity index (χ2v) is 4.34. The molecule has 15 heavy (non-hydrogen) atoms. The summed E-state index contributed by atoms with van der Waals surface area (Å²) in [5.74, 6) is 0.852. The van der Waals surface area contributed by atoms with E-state index in [9.17, 15) is 4.39 Å². The molecule has 1 aliphatic heterocycles. The van der Waals surface area contributed by atoms with Crippen molar-refractivity contribution >= 4 is 0 Å². The fourth-order valence-corrected chi connectivity index (χ4v) is 1.81. The van der Waals surface area contributed by atoms with E-state index < -0.39 is 0 Å². The molecule has 1 heterocycles. The van der Waals surface area contributed by atoms with Gasteiger partial charge in [-0.05, 0) is 30.9 Å². The van der Waals surface area contributed by atoms with E-state index in [0.29, 0.717) is 23.5 Å². The molecule has 1 aliphatic carbocycles. The van der Waals surface area contributed by atoms with Crippen LogP contribution in [0.1, 0.15) is 18.4 Å². The highest BCUT2D eigenvalue weighted by atomic mass is 19.1. The van der Waals surface area contributed by atoms with Crippen molar-refractivity contribution in [2.75, 3.05) is 6.79 Å². The first-order valence-electron chi connectivity index (χ1n) is 5.03. The highest BCUT2D eigenvalue weighted by molar-refractivity contribution is 5.46. The summed E-state index contributed by atoms with van der Waals surface area (Å²) in [5, 5.41) is 0. The molecule has 0 amide bonds. The Morgan fingerprint density at radius 3 is 2.60 bits per heavy atom. The Morgan fingerprint density at radius 1 is 1.27 bits per heavy atom. The van der Waals surface area contributed by atoms with E-state index >= 15 is 0 Å². The maximum atomic E-state index is 13.6. The highest BCUT2D eigenvalue weighted by Gasteiger charge is 2.39. The monoisotopic (exact) mass is 209 g/mol. The predicted octanol–water partition coefficient (Wildman–Crippen LogP) is 1.59. The van der Waals surface area contributed by atoms with Gasteiger partial charge in [-0.25, -0.2) is 4.39 Å². The van der Waals surface area contributed by atoms with Gasteiger partial charge in [0.05, 0.1) is 0 Å². The van der Waals surface area contributed by atoms with Gasteiger partial charge >= 0.3 is 0 Å². The third-order valence-corrected chi connectivity index (χ3v) is 2.98.